The fraction of sp³-hybridized carbons (Fsp3) is 0.538. The van der Waals surface area contributed by atoms with E-state index in [1.807, 2.05) is 6.07 Å². The van der Waals surface area contributed by atoms with Gasteiger partial charge in [0.05, 0.1) is 0 Å². The van der Waals surface area contributed by atoms with Gasteiger partial charge in [-0.25, -0.2) is 0 Å². The van der Waals surface area contributed by atoms with E-state index < -0.39 is 0 Å². The SMILES string of the molecule is Clc1ccc2c(c1)CC1(CCNCC1)C2. The topological polar surface area (TPSA) is 12.0 Å². The Hall–Kier alpha value is -0.530. The Morgan fingerprint density at radius 3 is 2.60 bits per heavy atom. The molecule has 0 unspecified atom stereocenters. The zero-order valence-electron chi connectivity index (χ0n) is 8.85. The van der Waals surface area contributed by atoms with Crippen LogP contribution in [0.1, 0.15) is 24.0 Å². The molecule has 1 heterocycles. The highest BCUT2D eigenvalue weighted by Gasteiger charge is 2.37. The number of rotatable bonds is 0. The fourth-order valence-corrected chi connectivity index (χ4v) is 3.31. The first-order valence-corrected chi connectivity index (χ1v) is 6.13. The Bertz CT molecular complexity index is 380. The van der Waals surface area contributed by atoms with E-state index in [4.69, 9.17) is 11.6 Å². The zero-order chi connectivity index (χ0) is 10.3. The molecule has 1 aliphatic heterocycles. The number of hydrogen-bond acceptors (Lipinski definition) is 1. The van der Waals surface area contributed by atoms with Crippen molar-refractivity contribution < 1.29 is 0 Å². The third kappa shape index (κ3) is 1.68. The Labute approximate surface area is 95.8 Å². The van der Waals surface area contributed by atoms with Gasteiger partial charge in [-0.2, -0.15) is 0 Å². The summed E-state index contributed by atoms with van der Waals surface area (Å²) in [7, 11) is 0. The van der Waals surface area contributed by atoms with Crippen LogP contribution >= 0.6 is 11.6 Å². The number of nitrogens with one attached hydrogen (secondary N) is 1. The number of fused-ring (bicyclic) bond motifs is 1. The molecule has 0 bridgehead atoms. The second-order valence-electron chi connectivity index (χ2n) is 5.02. The van der Waals surface area contributed by atoms with Crippen LogP contribution in [0.4, 0.5) is 0 Å². The summed E-state index contributed by atoms with van der Waals surface area (Å²) in [4.78, 5) is 0. The number of piperidine rings is 1. The molecule has 1 aromatic rings. The van der Waals surface area contributed by atoms with Crippen LogP contribution in [0.3, 0.4) is 0 Å². The lowest BCUT2D eigenvalue weighted by molar-refractivity contribution is 0.216. The van der Waals surface area contributed by atoms with E-state index in [-0.39, 0.29) is 0 Å². The van der Waals surface area contributed by atoms with Crippen molar-refractivity contribution in [3.63, 3.8) is 0 Å². The summed E-state index contributed by atoms with van der Waals surface area (Å²) in [6.07, 6.45) is 5.14. The van der Waals surface area contributed by atoms with E-state index in [1.54, 1.807) is 0 Å². The molecule has 1 spiro atoms. The second kappa shape index (κ2) is 3.50. The van der Waals surface area contributed by atoms with Gasteiger partial charge in [0.2, 0.25) is 0 Å². The van der Waals surface area contributed by atoms with Crippen LogP contribution in [0.15, 0.2) is 18.2 Å². The molecule has 1 aromatic carbocycles. The average Bonchev–Trinajstić information content (AvgIpc) is 2.56. The molecule has 1 N–H and O–H groups in total. The molecule has 1 saturated heterocycles. The highest BCUT2D eigenvalue weighted by Crippen LogP contribution is 2.43. The molecule has 2 heteroatoms. The van der Waals surface area contributed by atoms with Gasteiger partial charge >= 0.3 is 0 Å². The maximum Gasteiger partial charge on any atom is 0.0408 e. The van der Waals surface area contributed by atoms with Crippen molar-refractivity contribution in [1.82, 2.24) is 5.32 Å². The van der Waals surface area contributed by atoms with Crippen molar-refractivity contribution in [3.05, 3.63) is 34.3 Å². The van der Waals surface area contributed by atoms with Crippen LogP contribution in [-0.4, -0.2) is 13.1 Å². The van der Waals surface area contributed by atoms with E-state index in [0.29, 0.717) is 5.41 Å². The molecule has 0 atom stereocenters. The lowest BCUT2D eigenvalue weighted by atomic mass is 9.76. The Balaban J connectivity index is 1.90. The molecule has 0 aromatic heterocycles. The Morgan fingerprint density at radius 2 is 1.80 bits per heavy atom. The minimum absolute atomic E-state index is 0.554. The highest BCUT2D eigenvalue weighted by atomic mass is 35.5. The maximum atomic E-state index is 6.04. The van der Waals surface area contributed by atoms with Crippen LogP contribution in [0, 0.1) is 5.41 Å². The van der Waals surface area contributed by atoms with E-state index >= 15 is 0 Å². The molecule has 80 valence electrons. The van der Waals surface area contributed by atoms with Gasteiger partial charge in [-0.05, 0) is 67.4 Å². The fourth-order valence-electron chi connectivity index (χ4n) is 3.11. The predicted octanol–water partition coefficient (Wildman–Crippen LogP) is 2.81. The van der Waals surface area contributed by atoms with E-state index in [0.717, 1.165) is 5.02 Å². The van der Waals surface area contributed by atoms with Gasteiger partial charge in [0, 0.05) is 5.02 Å². The third-order valence-corrected chi connectivity index (χ3v) is 4.20. The summed E-state index contributed by atoms with van der Waals surface area (Å²) in [6, 6.07) is 6.41. The summed E-state index contributed by atoms with van der Waals surface area (Å²) in [5, 5.41) is 4.34. The van der Waals surface area contributed by atoms with E-state index in [1.165, 1.54) is 49.9 Å². The van der Waals surface area contributed by atoms with Crippen LogP contribution in [-0.2, 0) is 12.8 Å². The molecule has 3 rings (SSSR count). The van der Waals surface area contributed by atoms with E-state index in [2.05, 4.69) is 17.4 Å². The molecule has 2 aliphatic rings. The van der Waals surface area contributed by atoms with Gasteiger partial charge < -0.3 is 5.32 Å². The minimum Gasteiger partial charge on any atom is -0.317 e. The molecule has 0 saturated carbocycles. The molecule has 15 heavy (non-hydrogen) atoms. The quantitative estimate of drug-likeness (QED) is 0.711. The first kappa shape index (κ1) is 9.68. The smallest absolute Gasteiger partial charge is 0.0408 e. The zero-order valence-corrected chi connectivity index (χ0v) is 9.61. The molecular weight excluding hydrogens is 206 g/mol. The van der Waals surface area contributed by atoms with Crippen molar-refractivity contribution >= 4 is 11.6 Å². The Morgan fingerprint density at radius 1 is 1.07 bits per heavy atom. The summed E-state index contributed by atoms with van der Waals surface area (Å²) in [6.45, 7) is 2.36. The summed E-state index contributed by atoms with van der Waals surface area (Å²) in [5.41, 5.74) is 3.57. The molecular formula is C13H16ClN. The van der Waals surface area contributed by atoms with Gasteiger partial charge in [0.25, 0.3) is 0 Å². The van der Waals surface area contributed by atoms with E-state index in [9.17, 15) is 0 Å². The minimum atomic E-state index is 0.554. The van der Waals surface area contributed by atoms with Crippen molar-refractivity contribution in [1.29, 1.82) is 0 Å². The van der Waals surface area contributed by atoms with Crippen LogP contribution in [0.25, 0.3) is 0 Å². The molecule has 1 fully saturated rings. The molecule has 0 radical (unpaired) electrons. The van der Waals surface area contributed by atoms with Gasteiger partial charge in [0.15, 0.2) is 0 Å². The van der Waals surface area contributed by atoms with Gasteiger partial charge in [0.1, 0.15) is 0 Å². The van der Waals surface area contributed by atoms with Crippen LogP contribution in [0.5, 0.6) is 0 Å². The monoisotopic (exact) mass is 221 g/mol. The summed E-state index contributed by atoms with van der Waals surface area (Å²) < 4.78 is 0. The van der Waals surface area contributed by atoms with Gasteiger partial charge in [-0.15, -0.1) is 0 Å². The van der Waals surface area contributed by atoms with Gasteiger partial charge in [-0.1, -0.05) is 17.7 Å². The average molecular weight is 222 g/mol. The maximum absolute atomic E-state index is 6.04. The highest BCUT2D eigenvalue weighted by molar-refractivity contribution is 6.30. The van der Waals surface area contributed by atoms with Crippen LogP contribution < -0.4 is 5.32 Å². The standard InChI is InChI=1S/C13H16ClN/c14-12-2-1-10-8-13(9-11(10)7-12)3-5-15-6-4-13/h1-2,7,15H,3-6,8-9H2. The van der Waals surface area contributed by atoms with Crippen LogP contribution in [0.2, 0.25) is 5.02 Å². The van der Waals surface area contributed by atoms with Crippen molar-refractivity contribution in [2.75, 3.05) is 13.1 Å². The molecule has 1 nitrogen and oxygen atoms in total. The van der Waals surface area contributed by atoms with Gasteiger partial charge in [-0.3, -0.25) is 0 Å². The summed E-state index contributed by atoms with van der Waals surface area (Å²) in [5.74, 6) is 0. The number of benzene rings is 1. The molecule has 0 amide bonds. The first-order valence-electron chi connectivity index (χ1n) is 5.76. The first-order chi connectivity index (χ1) is 7.27. The normalized spacial score (nSPS) is 23.0. The number of halogens is 1. The van der Waals surface area contributed by atoms with Crippen molar-refractivity contribution in [2.45, 2.75) is 25.7 Å². The molecule has 1 aliphatic carbocycles. The lowest BCUT2D eigenvalue weighted by Gasteiger charge is -2.33. The predicted molar refractivity (Wildman–Crippen MR) is 63.4 cm³/mol. The third-order valence-electron chi connectivity index (χ3n) is 3.96. The van der Waals surface area contributed by atoms with Crippen molar-refractivity contribution in [2.24, 2.45) is 5.41 Å². The Kier molecular flexibility index (Phi) is 2.26. The van der Waals surface area contributed by atoms with Crippen molar-refractivity contribution in [3.8, 4) is 0 Å². The lowest BCUT2D eigenvalue weighted by Crippen LogP contribution is -2.37. The second-order valence-corrected chi connectivity index (χ2v) is 5.45. The number of hydrogen-bond donors (Lipinski definition) is 1. The largest absolute Gasteiger partial charge is 0.317 e. The summed E-state index contributed by atoms with van der Waals surface area (Å²) >= 11 is 6.04.